The van der Waals surface area contributed by atoms with Crippen LogP contribution in [0.15, 0.2) is 12.3 Å². The standard InChI is InChI=1S/C5H7NO3/c6-5(9)3-4(8)1-2-7/h1-2,7H,3H2,(H2,6,9). The molecule has 4 heteroatoms. The Morgan fingerprint density at radius 3 is 2.44 bits per heavy atom. The lowest BCUT2D eigenvalue weighted by Gasteiger charge is -1.84. The maximum atomic E-state index is 10.3. The van der Waals surface area contributed by atoms with Gasteiger partial charge in [0.15, 0.2) is 5.78 Å². The highest BCUT2D eigenvalue weighted by atomic mass is 16.2. The molecule has 0 radical (unpaired) electrons. The van der Waals surface area contributed by atoms with E-state index in [1.807, 2.05) is 0 Å². The summed E-state index contributed by atoms with van der Waals surface area (Å²) in [5.74, 6) is -1.19. The fourth-order valence-corrected chi connectivity index (χ4v) is 0.314. The van der Waals surface area contributed by atoms with Gasteiger partial charge in [-0.15, -0.1) is 0 Å². The van der Waals surface area contributed by atoms with Crippen molar-refractivity contribution in [2.45, 2.75) is 6.42 Å². The number of aliphatic hydroxyl groups is 1. The van der Waals surface area contributed by atoms with Crippen molar-refractivity contribution >= 4 is 11.7 Å². The van der Waals surface area contributed by atoms with E-state index in [9.17, 15) is 9.59 Å². The number of hydrogen-bond acceptors (Lipinski definition) is 3. The van der Waals surface area contributed by atoms with Gasteiger partial charge in [-0.3, -0.25) is 9.59 Å². The number of primary amides is 1. The molecule has 0 aromatic heterocycles. The van der Waals surface area contributed by atoms with Crippen molar-refractivity contribution in [3.8, 4) is 0 Å². The highest BCUT2D eigenvalue weighted by molar-refractivity contribution is 6.02. The lowest BCUT2D eigenvalue weighted by atomic mass is 10.3. The molecular formula is C5H7NO3. The van der Waals surface area contributed by atoms with E-state index in [-0.39, 0.29) is 6.42 Å². The summed E-state index contributed by atoms with van der Waals surface area (Å²) < 4.78 is 0. The first-order chi connectivity index (χ1) is 4.16. The number of allylic oxidation sites excluding steroid dienone is 1. The van der Waals surface area contributed by atoms with Gasteiger partial charge in [0.2, 0.25) is 5.91 Å². The first kappa shape index (κ1) is 7.68. The first-order valence-electron chi connectivity index (χ1n) is 2.28. The Balaban J connectivity index is 3.64. The maximum Gasteiger partial charge on any atom is 0.225 e. The molecule has 3 N–H and O–H groups in total. The highest BCUT2D eigenvalue weighted by Crippen LogP contribution is 1.81. The van der Waals surface area contributed by atoms with Gasteiger partial charge in [-0.25, -0.2) is 0 Å². The molecule has 0 unspecified atom stereocenters. The number of ketones is 1. The largest absolute Gasteiger partial charge is 0.515 e. The van der Waals surface area contributed by atoms with Crippen LogP contribution in [0.2, 0.25) is 0 Å². The summed E-state index contributed by atoms with van der Waals surface area (Å²) in [6, 6.07) is 0. The molecule has 1 amide bonds. The van der Waals surface area contributed by atoms with Crippen LogP contribution in [-0.4, -0.2) is 16.8 Å². The second-order valence-electron chi connectivity index (χ2n) is 1.43. The van der Waals surface area contributed by atoms with Gasteiger partial charge in [-0.05, 0) is 0 Å². The molecule has 0 heterocycles. The molecular weight excluding hydrogens is 122 g/mol. The predicted molar refractivity (Wildman–Crippen MR) is 30.6 cm³/mol. The smallest absolute Gasteiger partial charge is 0.225 e. The van der Waals surface area contributed by atoms with Gasteiger partial charge in [-0.1, -0.05) is 0 Å². The summed E-state index contributed by atoms with van der Waals surface area (Å²) in [4.78, 5) is 20.3. The number of rotatable bonds is 3. The van der Waals surface area contributed by atoms with Gasteiger partial charge in [0.05, 0.1) is 12.7 Å². The van der Waals surface area contributed by atoms with Crippen molar-refractivity contribution in [2.24, 2.45) is 5.73 Å². The topological polar surface area (TPSA) is 80.4 Å². The van der Waals surface area contributed by atoms with E-state index < -0.39 is 11.7 Å². The molecule has 0 fully saturated rings. The molecule has 0 rings (SSSR count). The van der Waals surface area contributed by atoms with Gasteiger partial charge in [0, 0.05) is 6.08 Å². The number of nitrogens with two attached hydrogens (primary N) is 1. The zero-order chi connectivity index (χ0) is 7.28. The average Bonchev–Trinajstić information content (AvgIpc) is 1.63. The number of carbonyl (C=O) groups excluding carboxylic acids is 2. The number of aliphatic hydroxyl groups excluding tert-OH is 1. The van der Waals surface area contributed by atoms with E-state index >= 15 is 0 Å². The molecule has 0 aliphatic rings. The van der Waals surface area contributed by atoms with E-state index in [1.165, 1.54) is 0 Å². The van der Waals surface area contributed by atoms with Gasteiger partial charge in [0.25, 0.3) is 0 Å². The minimum atomic E-state index is -0.696. The van der Waals surface area contributed by atoms with E-state index in [0.29, 0.717) is 6.26 Å². The van der Waals surface area contributed by atoms with Crippen molar-refractivity contribution < 1.29 is 14.7 Å². The minimum absolute atomic E-state index is 0.350. The normalized spacial score (nSPS) is 9.78. The van der Waals surface area contributed by atoms with E-state index in [1.54, 1.807) is 0 Å². The van der Waals surface area contributed by atoms with Gasteiger partial charge in [0.1, 0.15) is 0 Å². The van der Waals surface area contributed by atoms with Crippen LogP contribution in [0.4, 0.5) is 0 Å². The Kier molecular flexibility index (Phi) is 3.12. The summed E-state index contributed by atoms with van der Waals surface area (Å²) in [6.07, 6.45) is 1.10. The molecule has 0 atom stereocenters. The zero-order valence-corrected chi connectivity index (χ0v) is 4.70. The number of hydrogen-bond donors (Lipinski definition) is 2. The summed E-state index contributed by atoms with van der Waals surface area (Å²) in [5, 5.41) is 8.00. The Morgan fingerprint density at radius 1 is 1.56 bits per heavy atom. The van der Waals surface area contributed by atoms with E-state index in [2.05, 4.69) is 5.73 Å². The molecule has 50 valence electrons. The van der Waals surface area contributed by atoms with Crippen molar-refractivity contribution in [3.63, 3.8) is 0 Å². The summed E-state index contributed by atoms with van der Waals surface area (Å²) in [6.45, 7) is 0. The van der Waals surface area contributed by atoms with E-state index in [0.717, 1.165) is 6.08 Å². The van der Waals surface area contributed by atoms with Crippen LogP contribution >= 0.6 is 0 Å². The van der Waals surface area contributed by atoms with Crippen molar-refractivity contribution in [2.75, 3.05) is 0 Å². The van der Waals surface area contributed by atoms with Crippen LogP contribution in [-0.2, 0) is 9.59 Å². The van der Waals surface area contributed by atoms with Crippen LogP contribution in [0, 0.1) is 0 Å². The Morgan fingerprint density at radius 2 is 2.11 bits per heavy atom. The Bertz CT molecular complexity index is 150. The Labute approximate surface area is 52.0 Å². The molecule has 9 heavy (non-hydrogen) atoms. The predicted octanol–water partition coefficient (Wildman–Crippen LogP) is -0.497. The van der Waals surface area contributed by atoms with Gasteiger partial charge < -0.3 is 10.8 Å². The minimum Gasteiger partial charge on any atom is -0.515 e. The third-order valence-corrected chi connectivity index (χ3v) is 0.609. The summed E-state index contributed by atoms with van der Waals surface area (Å²) in [5.41, 5.74) is 4.65. The van der Waals surface area contributed by atoms with Gasteiger partial charge >= 0.3 is 0 Å². The monoisotopic (exact) mass is 129 g/mol. The first-order valence-corrected chi connectivity index (χ1v) is 2.28. The third kappa shape index (κ3) is 4.53. The molecule has 0 aliphatic heterocycles. The molecule has 4 nitrogen and oxygen atoms in total. The van der Waals surface area contributed by atoms with Crippen LogP contribution in [0.25, 0.3) is 0 Å². The molecule has 0 aromatic rings. The average molecular weight is 129 g/mol. The molecule has 0 aromatic carbocycles. The molecule has 0 spiro atoms. The molecule has 0 aliphatic carbocycles. The van der Waals surface area contributed by atoms with Crippen LogP contribution in [0.1, 0.15) is 6.42 Å². The highest BCUT2D eigenvalue weighted by Gasteiger charge is 1.99. The number of carbonyl (C=O) groups is 2. The zero-order valence-electron chi connectivity index (χ0n) is 4.70. The molecule has 0 saturated carbocycles. The molecule has 0 saturated heterocycles. The van der Waals surface area contributed by atoms with Crippen LogP contribution in [0.3, 0.4) is 0 Å². The summed E-state index contributed by atoms with van der Waals surface area (Å²) >= 11 is 0. The van der Waals surface area contributed by atoms with Crippen molar-refractivity contribution in [1.29, 1.82) is 0 Å². The van der Waals surface area contributed by atoms with Crippen molar-refractivity contribution in [3.05, 3.63) is 12.3 Å². The maximum absolute atomic E-state index is 10.3. The SMILES string of the molecule is NC(=O)CC(=O)C=CO. The van der Waals surface area contributed by atoms with E-state index in [4.69, 9.17) is 5.11 Å². The second-order valence-corrected chi connectivity index (χ2v) is 1.43. The second kappa shape index (κ2) is 3.65. The van der Waals surface area contributed by atoms with Crippen LogP contribution in [0.5, 0.6) is 0 Å². The van der Waals surface area contributed by atoms with Crippen molar-refractivity contribution in [1.82, 2.24) is 0 Å². The fraction of sp³-hybridized carbons (Fsp3) is 0.200. The summed E-state index contributed by atoms with van der Waals surface area (Å²) in [7, 11) is 0. The fourth-order valence-electron chi connectivity index (χ4n) is 0.314. The van der Waals surface area contributed by atoms with Crippen LogP contribution < -0.4 is 5.73 Å². The molecule has 0 bridgehead atoms. The Hall–Kier alpha value is -1.32. The lowest BCUT2D eigenvalue weighted by molar-refractivity contribution is -0.124. The lowest BCUT2D eigenvalue weighted by Crippen LogP contribution is -2.14. The van der Waals surface area contributed by atoms with Gasteiger partial charge in [-0.2, -0.15) is 0 Å². The quantitative estimate of drug-likeness (QED) is 0.306. The number of amides is 1. The third-order valence-electron chi connectivity index (χ3n) is 0.609.